The summed E-state index contributed by atoms with van der Waals surface area (Å²) in [6.45, 7) is 4.27. The van der Waals surface area contributed by atoms with Gasteiger partial charge in [0.2, 0.25) is 0 Å². The average molecular weight is 348 g/mol. The second-order valence-corrected chi connectivity index (χ2v) is 5.87. The van der Waals surface area contributed by atoms with Gasteiger partial charge < -0.3 is 9.73 Å². The van der Waals surface area contributed by atoms with Gasteiger partial charge in [0, 0.05) is 10.7 Å². The third-order valence-electron chi connectivity index (χ3n) is 3.47. The molecule has 3 aromatic rings. The summed E-state index contributed by atoms with van der Waals surface area (Å²) >= 11 is 5.69. The molecule has 0 spiro atoms. The minimum Gasteiger partial charge on any atom is -0.454 e. The molecule has 24 heavy (non-hydrogen) atoms. The molecule has 0 radical (unpaired) electrons. The molecule has 3 rings (SSSR count). The number of rotatable bonds is 4. The first-order chi connectivity index (χ1) is 11.4. The topological polar surface area (TPSA) is 60.1 Å². The van der Waals surface area contributed by atoms with Crippen LogP contribution in [0.4, 0.5) is 10.1 Å². The van der Waals surface area contributed by atoms with E-state index in [4.69, 9.17) is 16.0 Å². The van der Waals surface area contributed by atoms with Gasteiger partial charge >= 0.3 is 0 Å². The van der Waals surface area contributed by atoms with Crippen LogP contribution >= 0.6 is 11.6 Å². The number of hydrogen-bond acceptors (Lipinski definition) is 3. The van der Waals surface area contributed by atoms with Gasteiger partial charge in [-0.25, -0.2) is 4.39 Å². The summed E-state index contributed by atoms with van der Waals surface area (Å²) in [4.78, 5) is 12.2. The third-order valence-corrected chi connectivity index (χ3v) is 3.71. The van der Waals surface area contributed by atoms with Crippen molar-refractivity contribution in [2.75, 3.05) is 5.32 Å². The highest BCUT2D eigenvalue weighted by Gasteiger charge is 2.14. The first-order valence-electron chi connectivity index (χ1n) is 7.28. The van der Waals surface area contributed by atoms with Gasteiger partial charge in [0.05, 0.1) is 17.9 Å². The molecular weight excluding hydrogens is 333 g/mol. The second-order valence-electron chi connectivity index (χ2n) is 5.43. The van der Waals surface area contributed by atoms with Gasteiger partial charge in [-0.2, -0.15) is 5.10 Å². The fraction of sp³-hybridized carbons (Fsp3) is 0.176. The minimum atomic E-state index is -0.606. The molecule has 0 atom stereocenters. The smallest absolute Gasteiger partial charge is 0.291 e. The molecule has 0 saturated carbocycles. The maximum Gasteiger partial charge on any atom is 0.291 e. The van der Waals surface area contributed by atoms with E-state index < -0.39 is 11.7 Å². The van der Waals surface area contributed by atoms with Crippen molar-refractivity contribution in [3.05, 3.63) is 70.1 Å². The number of hydrogen-bond donors (Lipinski definition) is 1. The molecule has 1 aromatic carbocycles. The molecule has 2 aromatic heterocycles. The number of aryl methyl sites for hydroxylation is 2. The minimum absolute atomic E-state index is 0.0425. The number of carbonyl (C=O) groups excluding carboxylic acids is 1. The van der Waals surface area contributed by atoms with Gasteiger partial charge in [0.15, 0.2) is 5.76 Å². The molecule has 7 heteroatoms. The molecule has 0 aliphatic carbocycles. The normalized spacial score (nSPS) is 10.8. The van der Waals surface area contributed by atoms with E-state index in [0.717, 1.165) is 17.5 Å². The quantitative estimate of drug-likeness (QED) is 0.770. The largest absolute Gasteiger partial charge is 0.454 e. The first-order valence-corrected chi connectivity index (χ1v) is 7.66. The molecule has 1 N–H and O–H groups in total. The zero-order valence-corrected chi connectivity index (χ0v) is 13.9. The lowest BCUT2D eigenvalue weighted by Crippen LogP contribution is -2.12. The molecule has 0 bridgehead atoms. The van der Waals surface area contributed by atoms with Crippen LogP contribution in [0, 0.1) is 19.7 Å². The number of anilines is 1. The van der Waals surface area contributed by atoms with E-state index >= 15 is 0 Å². The van der Waals surface area contributed by atoms with Crippen LogP contribution in [0.2, 0.25) is 5.02 Å². The summed E-state index contributed by atoms with van der Waals surface area (Å²) in [5.74, 6) is -0.454. The van der Waals surface area contributed by atoms with E-state index in [-0.39, 0.29) is 16.5 Å². The second kappa shape index (κ2) is 6.49. The van der Waals surface area contributed by atoms with Crippen LogP contribution < -0.4 is 5.32 Å². The van der Waals surface area contributed by atoms with Crippen LogP contribution in [0.1, 0.15) is 27.7 Å². The Balaban J connectivity index is 1.72. The average Bonchev–Trinajstić information content (AvgIpc) is 3.09. The molecule has 124 valence electrons. The van der Waals surface area contributed by atoms with Crippen LogP contribution in [0.3, 0.4) is 0 Å². The summed E-state index contributed by atoms with van der Waals surface area (Å²) in [7, 11) is 0. The highest BCUT2D eigenvalue weighted by molar-refractivity contribution is 6.30. The maximum atomic E-state index is 13.7. The Hall–Kier alpha value is -2.60. The Morgan fingerprint density at radius 3 is 2.75 bits per heavy atom. The maximum absolute atomic E-state index is 13.7. The Labute approximate surface area is 143 Å². The van der Waals surface area contributed by atoms with E-state index in [0.29, 0.717) is 12.3 Å². The number of amides is 1. The fourth-order valence-corrected chi connectivity index (χ4v) is 2.50. The molecule has 2 heterocycles. The fourth-order valence-electron chi connectivity index (χ4n) is 2.34. The van der Waals surface area contributed by atoms with Crippen molar-refractivity contribution in [2.24, 2.45) is 0 Å². The standard InChI is InChI=1S/C17H15ClFN3O2/c1-10-7-11(2)22(21-10)9-13-4-6-16(24-13)17(23)20-15-5-3-12(18)8-14(15)19/h3-8H,9H2,1-2H3,(H,20,23). The molecule has 5 nitrogen and oxygen atoms in total. The van der Waals surface area contributed by atoms with E-state index in [1.54, 1.807) is 16.8 Å². The predicted octanol–water partition coefficient (Wildman–Crippen LogP) is 4.19. The van der Waals surface area contributed by atoms with Gasteiger partial charge in [-0.1, -0.05) is 11.6 Å². The molecule has 1 amide bonds. The van der Waals surface area contributed by atoms with E-state index in [9.17, 15) is 9.18 Å². The summed E-state index contributed by atoms with van der Waals surface area (Å²) in [6.07, 6.45) is 0. The van der Waals surface area contributed by atoms with Crippen molar-refractivity contribution >= 4 is 23.2 Å². The number of halogens is 2. The molecule has 0 saturated heterocycles. The number of furan rings is 1. The van der Waals surface area contributed by atoms with Crippen molar-refractivity contribution < 1.29 is 13.6 Å². The highest BCUT2D eigenvalue weighted by Crippen LogP contribution is 2.20. The Morgan fingerprint density at radius 2 is 2.08 bits per heavy atom. The number of nitrogens with zero attached hydrogens (tertiary/aromatic N) is 2. The molecular formula is C17H15ClFN3O2. The van der Waals surface area contributed by atoms with Gasteiger partial charge in [-0.3, -0.25) is 9.48 Å². The zero-order chi connectivity index (χ0) is 17.3. The summed E-state index contributed by atoms with van der Waals surface area (Å²) in [6, 6.07) is 9.23. The van der Waals surface area contributed by atoms with Crippen molar-refractivity contribution in [1.29, 1.82) is 0 Å². The molecule has 0 aliphatic rings. The van der Waals surface area contributed by atoms with E-state index in [1.165, 1.54) is 12.1 Å². The van der Waals surface area contributed by atoms with Crippen LogP contribution in [-0.4, -0.2) is 15.7 Å². The molecule has 0 aliphatic heterocycles. The van der Waals surface area contributed by atoms with E-state index in [2.05, 4.69) is 10.4 Å². The van der Waals surface area contributed by atoms with Gasteiger partial charge in [-0.15, -0.1) is 0 Å². The summed E-state index contributed by atoms with van der Waals surface area (Å²) < 4.78 is 21.0. The van der Waals surface area contributed by atoms with Gasteiger partial charge in [0.25, 0.3) is 5.91 Å². The predicted molar refractivity (Wildman–Crippen MR) is 88.9 cm³/mol. The Kier molecular flexibility index (Phi) is 4.40. The number of aromatic nitrogens is 2. The summed E-state index contributed by atoms with van der Waals surface area (Å²) in [5, 5.41) is 7.06. The Bertz CT molecular complexity index is 901. The van der Waals surface area contributed by atoms with Crippen LogP contribution in [0.25, 0.3) is 0 Å². The number of benzene rings is 1. The lowest BCUT2D eigenvalue weighted by Gasteiger charge is -2.05. The van der Waals surface area contributed by atoms with Crippen molar-refractivity contribution in [2.45, 2.75) is 20.4 Å². The Morgan fingerprint density at radius 1 is 1.29 bits per heavy atom. The van der Waals surface area contributed by atoms with Gasteiger partial charge in [0.1, 0.15) is 11.6 Å². The molecule has 0 unspecified atom stereocenters. The van der Waals surface area contributed by atoms with Crippen molar-refractivity contribution in [3.8, 4) is 0 Å². The van der Waals surface area contributed by atoms with Crippen molar-refractivity contribution in [1.82, 2.24) is 9.78 Å². The van der Waals surface area contributed by atoms with Crippen LogP contribution in [0.5, 0.6) is 0 Å². The SMILES string of the molecule is Cc1cc(C)n(Cc2ccc(C(=O)Nc3ccc(Cl)cc3F)o2)n1. The number of carbonyl (C=O) groups is 1. The zero-order valence-electron chi connectivity index (χ0n) is 13.1. The summed E-state index contributed by atoms with van der Waals surface area (Å²) in [5.41, 5.74) is 1.95. The monoisotopic (exact) mass is 347 g/mol. The van der Waals surface area contributed by atoms with Crippen LogP contribution in [0.15, 0.2) is 40.8 Å². The lowest BCUT2D eigenvalue weighted by atomic mass is 10.3. The van der Waals surface area contributed by atoms with Gasteiger partial charge in [-0.05, 0) is 50.2 Å². The highest BCUT2D eigenvalue weighted by atomic mass is 35.5. The number of nitrogens with one attached hydrogen (secondary N) is 1. The van der Waals surface area contributed by atoms with Crippen LogP contribution in [-0.2, 0) is 6.54 Å². The first kappa shape index (κ1) is 16.3. The lowest BCUT2D eigenvalue weighted by molar-refractivity contribution is 0.0994. The van der Waals surface area contributed by atoms with Crippen molar-refractivity contribution in [3.63, 3.8) is 0 Å². The molecule has 0 fully saturated rings. The third kappa shape index (κ3) is 3.49. The van der Waals surface area contributed by atoms with E-state index in [1.807, 2.05) is 19.9 Å².